The Hall–Kier alpha value is -1.14. The van der Waals surface area contributed by atoms with E-state index in [0.717, 1.165) is 30.4 Å². The minimum Gasteiger partial charge on any atom is -0.388 e. The molecule has 1 aliphatic heterocycles. The zero-order chi connectivity index (χ0) is 15.0. The van der Waals surface area contributed by atoms with E-state index in [1.54, 1.807) is 6.92 Å². The fourth-order valence-corrected chi connectivity index (χ4v) is 4.84. The molecule has 1 aromatic rings. The predicted octanol–water partition coefficient (Wildman–Crippen LogP) is 3.73. The van der Waals surface area contributed by atoms with Crippen LogP contribution in [0.1, 0.15) is 50.0 Å². The average molecular weight is 310 g/mol. The number of fused-ring (bicyclic) bond motifs is 1. The van der Waals surface area contributed by atoms with E-state index in [2.05, 4.69) is 4.90 Å². The first-order chi connectivity index (χ1) is 10.1. The molecular weight excluding hydrogens is 288 g/mol. The Morgan fingerprint density at radius 1 is 1.38 bits per heavy atom. The van der Waals surface area contributed by atoms with Crippen LogP contribution in [0.2, 0.25) is 0 Å². The van der Waals surface area contributed by atoms with Gasteiger partial charge in [-0.3, -0.25) is 10.1 Å². The van der Waals surface area contributed by atoms with Crippen LogP contribution in [0.25, 0.3) is 0 Å². The first kappa shape index (κ1) is 14.8. The van der Waals surface area contributed by atoms with Gasteiger partial charge in [-0.2, -0.15) is 0 Å². The Morgan fingerprint density at radius 3 is 2.76 bits per heavy atom. The third kappa shape index (κ3) is 2.92. The predicted molar refractivity (Wildman–Crippen MR) is 83.9 cm³/mol. The molecule has 0 amide bonds. The number of nitrogens with zero attached hydrogens (tertiary/aromatic N) is 2. The van der Waals surface area contributed by atoms with Crippen molar-refractivity contribution in [2.75, 3.05) is 18.0 Å². The highest BCUT2D eigenvalue weighted by Gasteiger charge is 2.34. The van der Waals surface area contributed by atoms with Crippen molar-refractivity contribution >= 4 is 22.0 Å². The Balaban J connectivity index is 1.84. The smallest absolute Gasteiger partial charge is 0.304 e. The number of hydrogen-bond acceptors (Lipinski definition) is 5. The van der Waals surface area contributed by atoms with Crippen LogP contribution in [0.5, 0.6) is 0 Å². The molecule has 1 N–H and O–H groups in total. The second-order valence-corrected chi connectivity index (χ2v) is 7.37. The topological polar surface area (TPSA) is 66.6 Å². The fraction of sp³-hybridized carbons (Fsp3) is 0.733. The van der Waals surface area contributed by atoms with Gasteiger partial charge in [0.2, 0.25) is 0 Å². The van der Waals surface area contributed by atoms with Crippen LogP contribution in [0.15, 0.2) is 6.07 Å². The third-order valence-electron chi connectivity index (χ3n) is 4.90. The van der Waals surface area contributed by atoms with Crippen LogP contribution in [-0.2, 0) is 0 Å². The van der Waals surface area contributed by atoms with Gasteiger partial charge in [-0.1, -0.05) is 19.3 Å². The molecule has 1 aliphatic carbocycles. The molecule has 0 bridgehead atoms. The standard InChI is InChI=1S/C15H22N2O3S/c1-10(18)14-8-13(17(19)20)15(21-14)16-7-6-11-4-2-3-5-12(11)9-16/h8,10-12,18H,2-7,9H2,1H3/t10-,11?,12?/m0/s1. The summed E-state index contributed by atoms with van der Waals surface area (Å²) < 4.78 is 0. The van der Waals surface area contributed by atoms with Gasteiger partial charge in [0, 0.05) is 24.0 Å². The van der Waals surface area contributed by atoms with Crippen LogP contribution in [0.4, 0.5) is 10.7 Å². The summed E-state index contributed by atoms with van der Waals surface area (Å²) in [5.41, 5.74) is 0.158. The summed E-state index contributed by atoms with van der Waals surface area (Å²) in [6.07, 6.45) is 5.71. The Bertz CT molecular complexity index is 529. The summed E-state index contributed by atoms with van der Waals surface area (Å²) in [6.45, 7) is 3.50. The normalized spacial score (nSPS) is 27.2. The highest BCUT2D eigenvalue weighted by Crippen LogP contribution is 2.44. The lowest BCUT2D eigenvalue weighted by Gasteiger charge is -2.41. The second-order valence-electron chi connectivity index (χ2n) is 6.31. The maximum Gasteiger partial charge on any atom is 0.304 e. The van der Waals surface area contributed by atoms with Crippen molar-refractivity contribution in [1.29, 1.82) is 0 Å². The summed E-state index contributed by atoms with van der Waals surface area (Å²) in [6, 6.07) is 1.54. The minimum atomic E-state index is -0.644. The third-order valence-corrected chi connectivity index (χ3v) is 6.25. The van der Waals surface area contributed by atoms with Crippen molar-refractivity contribution in [1.82, 2.24) is 0 Å². The van der Waals surface area contributed by atoms with E-state index < -0.39 is 6.10 Å². The number of nitro groups is 1. The lowest BCUT2D eigenvalue weighted by atomic mass is 9.75. The molecule has 5 nitrogen and oxygen atoms in total. The molecule has 3 atom stereocenters. The molecule has 6 heteroatoms. The quantitative estimate of drug-likeness (QED) is 0.682. The Labute approximate surface area is 128 Å². The number of rotatable bonds is 3. The van der Waals surface area contributed by atoms with Crippen LogP contribution in [-0.4, -0.2) is 23.1 Å². The van der Waals surface area contributed by atoms with Gasteiger partial charge in [-0.15, -0.1) is 11.3 Å². The second kappa shape index (κ2) is 5.93. The molecule has 3 rings (SSSR count). The van der Waals surface area contributed by atoms with Crippen molar-refractivity contribution < 1.29 is 10.0 Å². The number of piperidine rings is 1. The highest BCUT2D eigenvalue weighted by atomic mass is 32.1. The van der Waals surface area contributed by atoms with Gasteiger partial charge in [-0.05, 0) is 31.6 Å². The van der Waals surface area contributed by atoms with E-state index in [-0.39, 0.29) is 10.6 Å². The van der Waals surface area contributed by atoms with E-state index in [0.29, 0.717) is 10.8 Å². The molecular formula is C15H22N2O3S. The molecule has 2 unspecified atom stereocenters. The monoisotopic (exact) mass is 310 g/mol. The van der Waals surface area contributed by atoms with Crippen molar-refractivity contribution in [3.05, 3.63) is 21.1 Å². The van der Waals surface area contributed by atoms with E-state index in [9.17, 15) is 15.2 Å². The van der Waals surface area contributed by atoms with Crippen LogP contribution in [0.3, 0.4) is 0 Å². The maximum absolute atomic E-state index is 11.3. The van der Waals surface area contributed by atoms with Gasteiger partial charge in [0.1, 0.15) is 0 Å². The van der Waals surface area contributed by atoms with E-state index >= 15 is 0 Å². The van der Waals surface area contributed by atoms with E-state index in [4.69, 9.17) is 0 Å². The lowest BCUT2D eigenvalue weighted by molar-refractivity contribution is -0.383. The molecule has 2 aliphatic rings. The van der Waals surface area contributed by atoms with Crippen LogP contribution < -0.4 is 4.90 Å². The van der Waals surface area contributed by atoms with Gasteiger partial charge in [0.05, 0.1) is 11.0 Å². The van der Waals surface area contributed by atoms with Crippen LogP contribution >= 0.6 is 11.3 Å². The van der Waals surface area contributed by atoms with Crippen LogP contribution in [0, 0.1) is 22.0 Å². The minimum absolute atomic E-state index is 0.158. The molecule has 0 aromatic carbocycles. The molecule has 1 aromatic heterocycles. The molecule has 2 heterocycles. The summed E-state index contributed by atoms with van der Waals surface area (Å²) in [7, 11) is 0. The lowest BCUT2D eigenvalue weighted by Crippen LogP contribution is -2.41. The number of anilines is 1. The zero-order valence-electron chi connectivity index (χ0n) is 12.3. The van der Waals surface area contributed by atoms with E-state index in [1.165, 1.54) is 43.1 Å². The molecule has 2 fully saturated rings. The van der Waals surface area contributed by atoms with Gasteiger partial charge in [0.15, 0.2) is 5.00 Å². The van der Waals surface area contributed by atoms with Gasteiger partial charge >= 0.3 is 5.69 Å². The number of hydrogen-bond donors (Lipinski definition) is 1. The van der Waals surface area contributed by atoms with Crippen molar-refractivity contribution in [3.63, 3.8) is 0 Å². The molecule has 1 saturated carbocycles. The summed E-state index contributed by atoms with van der Waals surface area (Å²) >= 11 is 1.38. The van der Waals surface area contributed by atoms with Crippen molar-refractivity contribution in [2.45, 2.75) is 45.1 Å². The van der Waals surface area contributed by atoms with Crippen molar-refractivity contribution in [2.24, 2.45) is 11.8 Å². The Morgan fingerprint density at radius 2 is 2.10 bits per heavy atom. The molecule has 1 saturated heterocycles. The van der Waals surface area contributed by atoms with Gasteiger partial charge in [0.25, 0.3) is 0 Å². The average Bonchev–Trinajstić information content (AvgIpc) is 2.92. The largest absolute Gasteiger partial charge is 0.388 e. The van der Waals surface area contributed by atoms with Gasteiger partial charge < -0.3 is 10.0 Å². The first-order valence-electron chi connectivity index (χ1n) is 7.77. The molecule has 116 valence electrons. The fourth-order valence-electron chi connectivity index (χ4n) is 3.74. The maximum atomic E-state index is 11.3. The summed E-state index contributed by atoms with van der Waals surface area (Å²) in [5, 5.41) is 21.7. The molecule has 0 spiro atoms. The SMILES string of the molecule is C[C@H](O)c1cc([N+](=O)[O-])c(N2CCC3CCCCC3C2)s1. The number of aliphatic hydroxyl groups is 1. The molecule has 0 radical (unpaired) electrons. The zero-order valence-corrected chi connectivity index (χ0v) is 13.1. The number of aliphatic hydroxyl groups excluding tert-OH is 1. The molecule has 21 heavy (non-hydrogen) atoms. The van der Waals surface area contributed by atoms with Gasteiger partial charge in [-0.25, -0.2) is 0 Å². The first-order valence-corrected chi connectivity index (χ1v) is 8.59. The number of thiophene rings is 1. The van der Waals surface area contributed by atoms with E-state index in [1.807, 2.05) is 0 Å². The highest BCUT2D eigenvalue weighted by molar-refractivity contribution is 7.16. The Kier molecular flexibility index (Phi) is 4.17. The summed E-state index contributed by atoms with van der Waals surface area (Å²) in [5.74, 6) is 1.49. The van der Waals surface area contributed by atoms with Crippen molar-refractivity contribution in [3.8, 4) is 0 Å². The summed E-state index contributed by atoms with van der Waals surface area (Å²) in [4.78, 5) is 13.8.